The van der Waals surface area contributed by atoms with Gasteiger partial charge in [-0.25, -0.2) is 0 Å². The van der Waals surface area contributed by atoms with E-state index in [0.29, 0.717) is 0 Å². The average molecular weight is 201 g/mol. The number of nitrogens with one attached hydrogen (secondary N) is 1. The fourth-order valence-corrected chi connectivity index (χ4v) is 2.00. The Bertz CT molecular complexity index is 191. The minimum absolute atomic E-state index is 0.648. The molecule has 0 aliphatic heterocycles. The predicted octanol–water partition coefficient (Wildman–Crippen LogP) is 1.31. The highest BCUT2D eigenvalue weighted by atomic mass is 32.2. The van der Waals surface area contributed by atoms with Crippen molar-refractivity contribution in [3.8, 4) is 0 Å². The molecule has 76 valence electrons. The summed E-state index contributed by atoms with van der Waals surface area (Å²) < 4.78 is 10.8. The van der Waals surface area contributed by atoms with Crippen LogP contribution in [0.2, 0.25) is 0 Å². The van der Waals surface area contributed by atoms with Crippen molar-refractivity contribution in [3.05, 3.63) is 12.2 Å². The Balaban J connectivity index is 1.99. The summed E-state index contributed by atoms with van der Waals surface area (Å²) in [6, 6.07) is 0. The molecule has 0 saturated heterocycles. The molecule has 2 atom stereocenters. The van der Waals surface area contributed by atoms with Crippen molar-refractivity contribution in [2.24, 2.45) is 5.92 Å². The van der Waals surface area contributed by atoms with Crippen molar-refractivity contribution in [3.63, 3.8) is 0 Å². The van der Waals surface area contributed by atoms with Crippen LogP contribution in [0.5, 0.6) is 0 Å². The Morgan fingerprint density at radius 2 is 2.38 bits per heavy atom. The van der Waals surface area contributed by atoms with E-state index in [1.165, 1.54) is 19.3 Å². The van der Waals surface area contributed by atoms with Crippen LogP contribution in [0, 0.1) is 5.92 Å². The van der Waals surface area contributed by atoms with E-state index < -0.39 is 10.8 Å². The van der Waals surface area contributed by atoms with Crippen molar-refractivity contribution in [2.45, 2.75) is 19.3 Å². The van der Waals surface area contributed by atoms with Gasteiger partial charge in [-0.3, -0.25) is 4.21 Å². The van der Waals surface area contributed by atoms with Gasteiger partial charge in [0.2, 0.25) is 0 Å². The monoisotopic (exact) mass is 201 g/mol. The van der Waals surface area contributed by atoms with Crippen LogP contribution in [0.25, 0.3) is 0 Å². The van der Waals surface area contributed by atoms with Gasteiger partial charge >= 0.3 is 0 Å². The van der Waals surface area contributed by atoms with Gasteiger partial charge in [0.15, 0.2) is 0 Å². The quantitative estimate of drug-likeness (QED) is 0.537. The van der Waals surface area contributed by atoms with Gasteiger partial charge in [-0.15, -0.1) is 0 Å². The zero-order valence-electron chi connectivity index (χ0n) is 8.29. The highest BCUT2D eigenvalue weighted by Gasteiger charge is 2.08. The van der Waals surface area contributed by atoms with Crippen LogP contribution >= 0.6 is 0 Å². The summed E-state index contributed by atoms with van der Waals surface area (Å²) in [5, 5.41) is 3.36. The molecule has 1 N–H and O–H groups in total. The number of hydrogen-bond acceptors (Lipinski definition) is 2. The second kappa shape index (κ2) is 6.33. The fourth-order valence-electron chi connectivity index (χ4n) is 1.56. The summed E-state index contributed by atoms with van der Waals surface area (Å²) in [6.07, 6.45) is 10.0. The van der Waals surface area contributed by atoms with Gasteiger partial charge in [0.05, 0.1) is 0 Å². The first-order valence-electron chi connectivity index (χ1n) is 4.95. The van der Waals surface area contributed by atoms with E-state index in [-0.39, 0.29) is 0 Å². The molecule has 0 aromatic rings. The molecule has 3 heteroatoms. The summed E-state index contributed by atoms with van der Waals surface area (Å²) in [5.74, 6) is 1.58. The van der Waals surface area contributed by atoms with Gasteiger partial charge in [0.25, 0.3) is 0 Å². The average Bonchev–Trinajstić information content (AvgIpc) is 2.14. The van der Waals surface area contributed by atoms with Crippen LogP contribution in [0.3, 0.4) is 0 Å². The summed E-state index contributed by atoms with van der Waals surface area (Å²) >= 11 is 0. The second-order valence-electron chi connectivity index (χ2n) is 3.63. The topological polar surface area (TPSA) is 29.1 Å². The van der Waals surface area contributed by atoms with Gasteiger partial charge in [-0.05, 0) is 31.7 Å². The minimum atomic E-state index is -0.648. The van der Waals surface area contributed by atoms with Crippen LogP contribution in [-0.4, -0.2) is 29.3 Å². The Kier molecular flexibility index (Phi) is 5.32. The third-order valence-corrected chi connectivity index (χ3v) is 3.16. The highest BCUT2D eigenvalue weighted by molar-refractivity contribution is 7.84. The molecular formula is C10H19NOS. The zero-order valence-corrected chi connectivity index (χ0v) is 9.11. The molecule has 2 unspecified atom stereocenters. The Labute approximate surface area is 83.3 Å². The second-order valence-corrected chi connectivity index (χ2v) is 5.19. The van der Waals surface area contributed by atoms with E-state index in [1.54, 1.807) is 6.26 Å². The smallest absolute Gasteiger partial charge is 0.0357 e. The van der Waals surface area contributed by atoms with E-state index >= 15 is 0 Å². The standard InChI is InChI=1S/C10H19NOS/c1-13(12)8-7-11-9-10-5-3-2-4-6-10/h2-3,10-11H,4-9H2,1H3. The molecule has 13 heavy (non-hydrogen) atoms. The number of hydrogen-bond donors (Lipinski definition) is 1. The molecule has 1 rings (SSSR count). The molecule has 0 aromatic heterocycles. The molecule has 0 aromatic carbocycles. The summed E-state index contributed by atoms with van der Waals surface area (Å²) in [4.78, 5) is 0. The number of allylic oxidation sites excluding steroid dienone is 2. The lowest BCUT2D eigenvalue weighted by Crippen LogP contribution is -2.27. The maximum Gasteiger partial charge on any atom is 0.0357 e. The van der Waals surface area contributed by atoms with Gasteiger partial charge < -0.3 is 5.32 Å². The van der Waals surface area contributed by atoms with E-state index in [1.807, 2.05) is 0 Å². The predicted molar refractivity (Wildman–Crippen MR) is 58.3 cm³/mol. The molecule has 0 bridgehead atoms. The van der Waals surface area contributed by atoms with Crippen LogP contribution < -0.4 is 5.32 Å². The first kappa shape index (κ1) is 10.9. The fraction of sp³-hybridized carbons (Fsp3) is 0.800. The normalized spacial score (nSPS) is 24.5. The third-order valence-electron chi connectivity index (χ3n) is 2.38. The Morgan fingerprint density at radius 1 is 1.54 bits per heavy atom. The first-order chi connectivity index (χ1) is 6.29. The molecule has 0 heterocycles. The van der Waals surface area contributed by atoms with Crippen LogP contribution in [0.15, 0.2) is 12.2 Å². The summed E-state index contributed by atoms with van der Waals surface area (Å²) in [7, 11) is -0.648. The van der Waals surface area contributed by atoms with Crippen molar-refractivity contribution in [1.82, 2.24) is 5.32 Å². The lowest BCUT2D eigenvalue weighted by Gasteiger charge is -2.17. The lowest BCUT2D eigenvalue weighted by molar-refractivity contribution is 0.447. The van der Waals surface area contributed by atoms with Crippen LogP contribution in [-0.2, 0) is 10.8 Å². The molecule has 0 spiro atoms. The van der Waals surface area contributed by atoms with Crippen molar-refractivity contribution < 1.29 is 4.21 Å². The van der Waals surface area contributed by atoms with Gasteiger partial charge in [0, 0.05) is 29.4 Å². The SMILES string of the molecule is CS(=O)CCNCC1CC=CCC1. The largest absolute Gasteiger partial charge is 0.316 e. The van der Waals surface area contributed by atoms with E-state index in [9.17, 15) is 4.21 Å². The van der Waals surface area contributed by atoms with Crippen LogP contribution in [0.1, 0.15) is 19.3 Å². The number of rotatable bonds is 5. The van der Waals surface area contributed by atoms with Gasteiger partial charge in [0.1, 0.15) is 0 Å². The van der Waals surface area contributed by atoms with Crippen molar-refractivity contribution in [1.29, 1.82) is 0 Å². The lowest BCUT2D eigenvalue weighted by atomic mass is 9.94. The molecule has 0 amide bonds. The molecule has 0 saturated carbocycles. The zero-order chi connectivity index (χ0) is 9.52. The van der Waals surface area contributed by atoms with Gasteiger partial charge in [-0.2, -0.15) is 0 Å². The molecule has 0 fully saturated rings. The third kappa shape index (κ3) is 5.21. The maximum atomic E-state index is 10.8. The van der Waals surface area contributed by atoms with Crippen molar-refractivity contribution in [2.75, 3.05) is 25.1 Å². The molecular weight excluding hydrogens is 182 g/mol. The summed E-state index contributed by atoms with van der Waals surface area (Å²) in [5.41, 5.74) is 0. The maximum absolute atomic E-state index is 10.8. The highest BCUT2D eigenvalue weighted by Crippen LogP contribution is 2.16. The first-order valence-corrected chi connectivity index (χ1v) is 6.67. The molecule has 1 aliphatic rings. The Morgan fingerprint density at radius 3 is 3.00 bits per heavy atom. The van der Waals surface area contributed by atoms with E-state index in [0.717, 1.165) is 24.8 Å². The van der Waals surface area contributed by atoms with Crippen molar-refractivity contribution >= 4 is 10.8 Å². The van der Waals surface area contributed by atoms with E-state index in [4.69, 9.17) is 0 Å². The summed E-state index contributed by atoms with van der Waals surface area (Å²) in [6.45, 7) is 1.98. The Hall–Kier alpha value is -0.150. The van der Waals surface area contributed by atoms with E-state index in [2.05, 4.69) is 17.5 Å². The van der Waals surface area contributed by atoms with Gasteiger partial charge in [-0.1, -0.05) is 12.2 Å². The molecule has 1 aliphatic carbocycles. The molecule has 0 radical (unpaired) electrons. The minimum Gasteiger partial charge on any atom is -0.316 e. The molecule has 2 nitrogen and oxygen atoms in total. The van der Waals surface area contributed by atoms with Crippen LogP contribution in [0.4, 0.5) is 0 Å².